The first-order valence-corrected chi connectivity index (χ1v) is 8.43. The van der Waals surface area contributed by atoms with E-state index in [0.717, 1.165) is 25.7 Å². The summed E-state index contributed by atoms with van der Waals surface area (Å²) in [6.07, 6.45) is -0.356. The van der Waals surface area contributed by atoms with Crippen LogP contribution < -0.4 is 5.48 Å². The van der Waals surface area contributed by atoms with Crippen LogP contribution >= 0.6 is 0 Å². The molecular weight excluding hydrogens is 347 g/mol. The third kappa shape index (κ3) is 5.81. The molecule has 1 heterocycles. The van der Waals surface area contributed by atoms with Gasteiger partial charge in [-0.25, -0.2) is 0 Å². The van der Waals surface area contributed by atoms with Gasteiger partial charge in [0.05, 0.1) is 7.11 Å². The molecule has 5 nitrogen and oxygen atoms in total. The van der Waals surface area contributed by atoms with Gasteiger partial charge in [-0.1, -0.05) is 17.3 Å². The molecule has 0 aliphatic heterocycles. The molecule has 0 amide bonds. The maximum Gasteiger partial charge on any atom is 0.471 e. The van der Waals surface area contributed by atoms with E-state index in [1.807, 2.05) is 32.9 Å². The molecule has 1 aromatic heterocycles. The molecule has 0 saturated carbocycles. The first-order valence-electron chi connectivity index (χ1n) is 8.43. The largest absolute Gasteiger partial charge is 0.471 e. The van der Waals surface area contributed by atoms with Gasteiger partial charge in [0.1, 0.15) is 0 Å². The molecule has 1 N–H and O–H groups in total. The molecule has 26 heavy (non-hydrogen) atoms. The van der Waals surface area contributed by atoms with Crippen molar-refractivity contribution >= 4 is 0 Å². The first kappa shape index (κ1) is 20.4. The smallest absolute Gasteiger partial charge is 0.329 e. The van der Waals surface area contributed by atoms with Crippen LogP contribution in [-0.4, -0.2) is 22.8 Å². The second-order valence-corrected chi connectivity index (χ2v) is 7.17. The minimum atomic E-state index is -4.60. The lowest BCUT2D eigenvalue weighted by Crippen LogP contribution is -2.34. The summed E-state index contributed by atoms with van der Waals surface area (Å²) in [7, 11) is 1.62. The Morgan fingerprint density at radius 3 is 2.23 bits per heavy atom. The maximum absolute atomic E-state index is 12.4. The van der Waals surface area contributed by atoms with Gasteiger partial charge >= 0.3 is 12.1 Å². The van der Waals surface area contributed by atoms with Crippen molar-refractivity contribution in [3.63, 3.8) is 0 Å². The molecular formula is C18H24F3N3O2. The zero-order valence-electron chi connectivity index (χ0n) is 15.4. The fraction of sp³-hybridized carbons (Fsp3) is 0.556. The fourth-order valence-electron chi connectivity index (χ4n) is 2.63. The van der Waals surface area contributed by atoms with Crippen LogP contribution in [0.4, 0.5) is 13.2 Å². The normalized spacial score (nSPS) is 14.4. The maximum atomic E-state index is 12.4. The van der Waals surface area contributed by atoms with E-state index in [4.69, 9.17) is 0 Å². The highest BCUT2D eigenvalue weighted by molar-refractivity contribution is 5.57. The number of aryl methyl sites for hydroxylation is 2. The Kier molecular flexibility index (Phi) is 6.41. The number of fused-ring (bicyclic) bond motifs is 1. The number of aromatic nitrogens is 2. The van der Waals surface area contributed by atoms with E-state index in [1.165, 1.54) is 11.1 Å². The second kappa shape index (κ2) is 8.18. The van der Waals surface area contributed by atoms with Crippen LogP contribution in [-0.2, 0) is 23.9 Å². The van der Waals surface area contributed by atoms with Gasteiger partial charge in [0.15, 0.2) is 0 Å². The number of halogens is 3. The number of hydroxylamine groups is 1. The van der Waals surface area contributed by atoms with E-state index in [2.05, 4.69) is 25.0 Å². The van der Waals surface area contributed by atoms with Crippen LogP contribution in [0.1, 0.15) is 50.6 Å². The summed E-state index contributed by atoms with van der Waals surface area (Å²) < 4.78 is 41.4. The van der Waals surface area contributed by atoms with Crippen molar-refractivity contribution in [2.24, 2.45) is 0 Å². The van der Waals surface area contributed by atoms with Gasteiger partial charge in [0, 0.05) is 11.1 Å². The van der Waals surface area contributed by atoms with E-state index in [0.29, 0.717) is 5.56 Å². The van der Waals surface area contributed by atoms with Gasteiger partial charge < -0.3 is 9.36 Å². The molecule has 2 aromatic rings. The Bertz CT molecular complexity index is 721. The van der Waals surface area contributed by atoms with Crippen LogP contribution in [0.15, 0.2) is 22.7 Å². The number of hydrogen-bond donors (Lipinski definition) is 1. The van der Waals surface area contributed by atoms with Crippen molar-refractivity contribution in [1.29, 1.82) is 0 Å². The molecule has 144 valence electrons. The average molecular weight is 371 g/mol. The fourth-order valence-corrected chi connectivity index (χ4v) is 2.63. The summed E-state index contributed by atoms with van der Waals surface area (Å²) in [5.74, 6) is -1.32. The van der Waals surface area contributed by atoms with Crippen molar-refractivity contribution in [3.8, 4) is 11.4 Å². The quantitative estimate of drug-likeness (QED) is 0.784. The van der Waals surface area contributed by atoms with Gasteiger partial charge in [-0.3, -0.25) is 0 Å². The zero-order chi connectivity index (χ0) is 19.4. The van der Waals surface area contributed by atoms with Crippen molar-refractivity contribution in [1.82, 2.24) is 15.6 Å². The number of benzene rings is 1. The van der Waals surface area contributed by atoms with Crippen LogP contribution in [0.2, 0.25) is 0 Å². The highest BCUT2D eigenvalue weighted by Crippen LogP contribution is 2.30. The van der Waals surface area contributed by atoms with E-state index in [-0.39, 0.29) is 11.4 Å². The van der Waals surface area contributed by atoms with Crippen molar-refractivity contribution in [2.45, 2.75) is 58.2 Å². The van der Waals surface area contributed by atoms with Crippen LogP contribution in [0.25, 0.3) is 11.4 Å². The lowest BCUT2D eigenvalue weighted by atomic mass is 9.90. The molecule has 0 bridgehead atoms. The Morgan fingerprint density at radius 1 is 1.08 bits per heavy atom. The SMILES string of the molecule is CONC(C)(C)C.FC(F)(F)c1nc(-c2ccc3c(c2)CCCC3)no1. The molecule has 0 fully saturated rings. The highest BCUT2D eigenvalue weighted by atomic mass is 19.4. The predicted octanol–water partition coefficient (Wildman–Crippen LogP) is 4.57. The minimum absolute atomic E-state index is 0.0132. The number of rotatable bonds is 2. The van der Waals surface area contributed by atoms with Crippen molar-refractivity contribution < 1.29 is 22.5 Å². The van der Waals surface area contributed by atoms with E-state index >= 15 is 0 Å². The van der Waals surface area contributed by atoms with Crippen LogP contribution in [0, 0.1) is 0 Å². The number of alkyl halides is 3. The Hall–Kier alpha value is -1.93. The molecule has 0 spiro atoms. The van der Waals surface area contributed by atoms with Gasteiger partial charge in [-0.2, -0.15) is 23.6 Å². The average Bonchev–Trinajstić information content (AvgIpc) is 3.04. The van der Waals surface area contributed by atoms with Crippen LogP contribution in [0.5, 0.6) is 0 Å². The standard InChI is InChI=1S/C13H11F3N2O.C5H13NO/c14-13(15,16)12-17-11(18-19-12)10-6-5-8-3-1-2-4-9(8)7-10;1-5(2,3)6-7-4/h5-7H,1-4H2;6H,1-4H3. The molecule has 0 saturated heterocycles. The lowest BCUT2D eigenvalue weighted by Gasteiger charge is -2.17. The minimum Gasteiger partial charge on any atom is -0.329 e. The lowest BCUT2D eigenvalue weighted by molar-refractivity contribution is -0.159. The first-order chi connectivity index (χ1) is 12.1. The van der Waals surface area contributed by atoms with Crippen molar-refractivity contribution in [3.05, 3.63) is 35.2 Å². The Labute approximate surface area is 150 Å². The summed E-state index contributed by atoms with van der Waals surface area (Å²) in [4.78, 5) is 8.05. The summed E-state index contributed by atoms with van der Waals surface area (Å²) >= 11 is 0. The Morgan fingerprint density at radius 2 is 1.73 bits per heavy atom. The topological polar surface area (TPSA) is 60.2 Å². The Balaban J connectivity index is 0.000000298. The molecule has 0 atom stereocenters. The van der Waals surface area contributed by atoms with E-state index in [1.54, 1.807) is 13.2 Å². The molecule has 0 unspecified atom stereocenters. The van der Waals surface area contributed by atoms with Crippen LogP contribution in [0.3, 0.4) is 0 Å². The third-order valence-corrected chi connectivity index (χ3v) is 3.68. The molecule has 1 aliphatic rings. The van der Waals surface area contributed by atoms with Gasteiger partial charge in [-0.15, -0.1) is 0 Å². The second-order valence-electron chi connectivity index (χ2n) is 7.17. The zero-order valence-corrected chi connectivity index (χ0v) is 15.4. The van der Waals surface area contributed by atoms with Gasteiger partial charge in [0.2, 0.25) is 5.82 Å². The monoisotopic (exact) mass is 371 g/mol. The highest BCUT2D eigenvalue weighted by Gasteiger charge is 2.38. The summed E-state index contributed by atoms with van der Waals surface area (Å²) in [6.45, 7) is 6.11. The van der Waals surface area contributed by atoms with Crippen molar-refractivity contribution in [2.75, 3.05) is 7.11 Å². The molecule has 0 radical (unpaired) electrons. The van der Waals surface area contributed by atoms with E-state index < -0.39 is 12.1 Å². The molecule has 8 heteroatoms. The molecule has 1 aliphatic carbocycles. The van der Waals surface area contributed by atoms with Gasteiger partial charge in [-0.05, 0) is 63.6 Å². The molecule has 1 aromatic carbocycles. The van der Waals surface area contributed by atoms with E-state index in [9.17, 15) is 13.2 Å². The summed E-state index contributed by atoms with van der Waals surface area (Å²) in [5.41, 5.74) is 5.86. The number of nitrogens with zero attached hydrogens (tertiary/aromatic N) is 2. The van der Waals surface area contributed by atoms with Gasteiger partial charge in [0.25, 0.3) is 0 Å². The third-order valence-electron chi connectivity index (χ3n) is 3.68. The summed E-state index contributed by atoms with van der Waals surface area (Å²) in [5, 5.41) is 3.40. The molecule has 3 rings (SSSR count). The number of nitrogens with one attached hydrogen (secondary N) is 1. The predicted molar refractivity (Wildman–Crippen MR) is 91.3 cm³/mol. The summed E-state index contributed by atoms with van der Waals surface area (Å²) in [6, 6.07) is 5.54. The number of hydrogen-bond acceptors (Lipinski definition) is 5.